The molecular weight excluding hydrogens is 346 g/mol. The Morgan fingerprint density at radius 1 is 1.11 bits per heavy atom. The van der Waals surface area contributed by atoms with Crippen molar-refractivity contribution in [2.45, 2.75) is 25.7 Å². The molecule has 0 fully saturated rings. The van der Waals surface area contributed by atoms with Crippen molar-refractivity contribution >= 4 is 17.8 Å². The molecule has 6 nitrogen and oxygen atoms in total. The second-order valence-corrected chi connectivity index (χ2v) is 5.88. The van der Waals surface area contributed by atoms with Gasteiger partial charge in [0.15, 0.2) is 17.3 Å². The highest BCUT2D eigenvalue weighted by Gasteiger charge is 2.07. The number of carbonyl (C=O) groups is 2. The number of carboxylic acid groups (broad SMARTS) is 1. The van der Waals surface area contributed by atoms with Gasteiger partial charge in [-0.2, -0.15) is 0 Å². The molecule has 142 valence electrons. The summed E-state index contributed by atoms with van der Waals surface area (Å²) < 4.78 is 11.0. The summed E-state index contributed by atoms with van der Waals surface area (Å²) in [4.78, 5) is 26.9. The van der Waals surface area contributed by atoms with Crippen LogP contribution in [0.1, 0.15) is 41.7 Å². The van der Waals surface area contributed by atoms with Crippen LogP contribution in [-0.2, 0) is 4.79 Å². The quantitative estimate of drug-likeness (QED) is 0.366. The number of ketones is 1. The Hall–Kier alpha value is -3.15. The third-order valence-electron chi connectivity index (χ3n) is 3.83. The molecule has 0 saturated carbocycles. The molecule has 0 aliphatic rings. The number of aromatic nitrogens is 1. The maximum absolute atomic E-state index is 12.1. The van der Waals surface area contributed by atoms with E-state index in [4.69, 9.17) is 14.6 Å². The van der Waals surface area contributed by atoms with Gasteiger partial charge >= 0.3 is 5.97 Å². The summed E-state index contributed by atoms with van der Waals surface area (Å²) in [5.74, 6) is 0.159. The highest BCUT2D eigenvalue weighted by atomic mass is 16.5. The largest absolute Gasteiger partial charge is 0.491 e. The summed E-state index contributed by atoms with van der Waals surface area (Å²) in [5.41, 5.74) is 1.20. The van der Waals surface area contributed by atoms with E-state index in [-0.39, 0.29) is 12.2 Å². The summed E-state index contributed by atoms with van der Waals surface area (Å²) >= 11 is 0. The first-order valence-electron chi connectivity index (χ1n) is 8.76. The van der Waals surface area contributed by atoms with Gasteiger partial charge in [0.25, 0.3) is 0 Å². The first-order chi connectivity index (χ1) is 13.1. The Bertz CT molecular complexity index is 786. The van der Waals surface area contributed by atoms with Crippen molar-refractivity contribution in [3.8, 4) is 11.5 Å². The van der Waals surface area contributed by atoms with E-state index in [2.05, 4.69) is 4.98 Å². The van der Waals surface area contributed by atoms with Gasteiger partial charge in [-0.05, 0) is 31.4 Å². The number of benzene rings is 1. The van der Waals surface area contributed by atoms with E-state index in [1.165, 1.54) is 13.2 Å². The van der Waals surface area contributed by atoms with E-state index < -0.39 is 5.97 Å². The van der Waals surface area contributed by atoms with Gasteiger partial charge in [-0.1, -0.05) is 30.3 Å². The van der Waals surface area contributed by atoms with Gasteiger partial charge in [0.1, 0.15) is 0 Å². The number of hydrogen-bond acceptors (Lipinski definition) is 5. The van der Waals surface area contributed by atoms with E-state index in [1.807, 2.05) is 18.2 Å². The van der Waals surface area contributed by atoms with Crippen molar-refractivity contribution in [2.75, 3.05) is 13.7 Å². The van der Waals surface area contributed by atoms with Gasteiger partial charge in [-0.3, -0.25) is 14.6 Å². The number of methoxy groups -OCH3 is 1. The van der Waals surface area contributed by atoms with E-state index in [9.17, 15) is 9.59 Å². The van der Waals surface area contributed by atoms with Crippen LogP contribution in [0.2, 0.25) is 0 Å². The molecule has 0 atom stereocenters. The molecule has 2 aromatic rings. The van der Waals surface area contributed by atoms with Crippen molar-refractivity contribution in [2.24, 2.45) is 0 Å². The SMILES string of the molecule is COc1cnc(/C=C/C(=O)c2ccccc2)cc1OCCCCCC(=O)O. The van der Waals surface area contributed by atoms with Crippen LogP contribution in [0.3, 0.4) is 0 Å². The van der Waals surface area contributed by atoms with Gasteiger partial charge in [0, 0.05) is 18.1 Å². The van der Waals surface area contributed by atoms with E-state index >= 15 is 0 Å². The first kappa shape index (κ1) is 20.2. The predicted molar refractivity (Wildman–Crippen MR) is 102 cm³/mol. The van der Waals surface area contributed by atoms with Gasteiger partial charge in [0.2, 0.25) is 0 Å². The minimum atomic E-state index is -0.784. The van der Waals surface area contributed by atoms with Crippen molar-refractivity contribution in [3.63, 3.8) is 0 Å². The normalized spacial score (nSPS) is 10.7. The Kier molecular flexibility index (Phi) is 8.03. The molecule has 1 aromatic carbocycles. The van der Waals surface area contributed by atoms with Gasteiger partial charge in [-0.15, -0.1) is 0 Å². The number of pyridine rings is 1. The molecule has 0 amide bonds. The smallest absolute Gasteiger partial charge is 0.303 e. The van der Waals surface area contributed by atoms with Crippen LogP contribution < -0.4 is 9.47 Å². The Labute approximate surface area is 158 Å². The number of nitrogens with zero attached hydrogens (tertiary/aromatic N) is 1. The molecular formula is C21H23NO5. The summed E-state index contributed by atoms with van der Waals surface area (Å²) in [6, 6.07) is 10.7. The highest BCUT2D eigenvalue weighted by Crippen LogP contribution is 2.27. The number of aliphatic carboxylic acids is 1. The van der Waals surface area contributed by atoms with Crippen molar-refractivity contribution in [1.29, 1.82) is 0 Å². The van der Waals surface area contributed by atoms with E-state index in [1.54, 1.807) is 30.5 Å². The van der Waals surface area contributed by atoms with Crippen molar-refractivity contribution in [1.82, 2.24) is 4.98 Å². The minimum absolute atomic E-state index is 0.103. The number of rotatable bonds is 11. The van der Waals surface area contributed by atoms with Crippen LogP contribution in [-0.4, -0.2) is 35.6 Å². The number of ether oxygens (including phenoxy) is 2. The monoisotopic (exact) mass is 369 g/mol. The molecule has 2 rings (SSSR count). The lowest BCUT2D eigenvalue weighted by Crippen LogP contribution is -2.01. The summed E-state index contributed by atoms with van der Waals surface area (Å²) in [6.07, 6.45) is 6.97. The maximum Gasteiger partial charge on any atom is 0.303 e. The van der Waals surface area contributed by atoms with Crippen molar-refractivity contribution in [3.05, 3.63) is 59.9 Å². The zero-order valence-corrected chi connectivity index (χ0v) is 15.3. The molecule has 0 spiro atoms. The average Bonchev–Trinajstić information content (AvgIpc) is 2.69. The number of unbranched alkanes of at least 4 members (excludes halogenated alkanes) is 2. The lowest BCUT2D eigenvalue weighted by Gasteiger charge is -2.10. The summed E-state index contributed by atoms with van der Waals surface area (Å²) in [7, 11) is 1.53. The zero-order chi connectivity index (χ0) is 19.5. The van der Waals surface area contributed by atoms with Gasteiger partial charge in [-0.25, -0.2) is 0 Å². The average molecular weight is 369 g/mol. The number of carbonyl (C=O) groups excluding carboxylic acids is 1. The number of hydrogen-bond donors (Lipinski definition) is 1. The van der Waals surface area contributed by atoms with Crippen molar-refractivity contribution < 1.29 is 24.2 Å². The third kappa shape index (κ3) is 6.93. The molecule has 0 saturated heterocycles. The fourth-order valence-electron chi connectivity index (χ4n) is 2.39. The van der Waals surface area contributed by atoms with E-state index in [0.717, 1.165) is 12.8 Å². The fraction of sp³-hybridized carbons (Fsp3) is 0.286. The van der Waals surface area contributed by atoms with Crippen LogP contribution in [0.15, 0.2) is 48.7 Å². The molecule has 0 radical (unpaired) electrons. The molecule has 0 aliphatic carbocycles. The molecule has 0 bridgehead atoms. The molecule has 27 heavy (non-hydrogen) atoms. The summed E-state index contributed by atoms with van der Waals surface area (Å²) in [6.45, 7) is 0.450. The maximum atomic E-state index is 12.1. The Balaban J connectivity index is 1.94. The van der Waals surface area contributed by atoms with Gasteiger partial charge < -0.3 is 14.6 Å². The summed E-state index contributed by atoms with van der Waals surface area (Å²) in [5, 5.41) is 8.62. The lowest BCUT2D eigenvalue weighted by molar-refractivity contribution is -0.137. The topological polar surface area (TPSA) is 85.7 Å². The van der Waals surface area contributed by atoms with E-state index in [0.29, 0.717) is 35.8 Å². The zero-order valence-electron chi connectivity index (χ0n) is 15.3. The molecule has 1 heterocycles. The molecule has 1 N–H and O–H groups in total. The van der Waals surface area contributed by atoms with Crippen LogP contribution in [0.5, 0.6) is 11.5 Å². The fourth-order valence-corrected chi connectivity index (χ4v) is 2.39. The number of allylic oxidation sites excluding steroid dienone is 1. The molecule has 0 aliphatic heterocycles. The van der Waals surface area contributed by atoms with Crippen LogP contribution in [0.4, 0.5) is 0 Å². The first-order valence-corrected chi connectivity index (χ1v) is 8.76. The minimum Gasteiger partial charge on any atom is -0.491 e. The third-order valence-corrected chi connectivity index (χ3v) is 3.83. The molecule has 6 heteroatoms. The van der Waals surface area contributed by atoms with Crippen LogP contribution in [0.25, 0.3) is 6.08 Å². The number of carboxylic acids is 1. The standard InChI is InChI=1S/C21H23NO5/c1-26-20-15-22-17(11-12-18(23)16-8-4-2-5-9-16)14-19(20)27-13-7-3-6-10-21(24)25/h2,4-5,8-9,11-12,14-15H,3,6-7,10,13H2,1H3,(H,24,25)/b12-11+. The van der Waals surface area contributed by atoms with Gasteiger partial charge in [0.05, 0.1) is 25.6 Å². The lowest BCUT2D eigenvalue weighted by atomic mass is 10.1. The molecule has 1 aromatic heterocycles. The highest BCUT2D eigenvalue weighted by molar-refractivity contribution is 6.06. The predicted octanol–water partition coefficient (Wildman–Crippen LogP) is 4.01. The molecule has 0 unspecified atom stereocenters. The second-order valence-electron chi connectivity index (χ2n) is 5.88. The Morgan fingerprint density at radius 3 is 2.59 bits per heavy atom. The second kappa shape index (κ2) is 10.8. The van der Waals surface area contributed by atoms with Crippen LogP contribution in [0, 0.1) is 0 Å². The Morgan fingerprint density at radius 2 is 1.89 bits per heavy atom. The van der Waals surface area contributed by atoms with Crippen LogP contribution >= 0.6 is 0 Å².